The lowest BCUT2D eigenvalue weighted by atomic mass is 10.1. The highest BCUT2D eigenvalue weighted by Crippen LogP contribution is 2.17. The Hall–Kier alpha value is -1.92. The number of aromatic nitrogens is 2. The first-order valence-corrected chi connectivity index (χ1v) is 5.68. The van der Waals surface area contributed by atoms with E-state index in [1.165, 1.54) is 0 Å². The van der Waals surface area contributed by atoms with Gasteiger partial charge in [0.15, 0.2) is 0 Å². The van der Waals surface area contributed by atoms with Gasteiger partial charge >= 0.3 is 0 Å². The molecule has 2 heterocycles. The van der Waals surface area contributed by atoms with E-state index in [1.807, 2.05) is 0 Å². The van der Waals surface area contributed by atoms with E-state index in [4.69, 9.17) is 10.8 Å². The van der Waals surface area contributed by atoms with Crippen molar-refractivity contribution in [1.29, 1.82) is 0 Å². The third kappa shape index (κ3) is 2.34. The second-order valence-corrected chi connectivity index (χ2v) is 4.09. The first kappa shape index (κ1) is 12.5. The first-order chi connectivity index (χ1) is 8.63. The topological polar surface area (TPSA) is 101 Å². The number of aliphatic hydroxyl groups is 2. The van der Waals surface area contributed by atoms with Crippen LogP contribution < -0.4 is 5.73 Å². The average molecular weight is 249 g/mol. The highest BCUT2D eigenvalue weighted by Gasteiger charge is 2.19. The van der Waals surface area contributed by atoms with Crippen molar-refractivity contribution >= 4 is 11.4 Å². The van der Waals surface area contributed by atoms with Crippen molar-refractivity contribution in [2.45, 2.75) is 18.9 Å². The fourth-order valence-corrected chi connectivity index (χ4v) is 1.93. The van der Waals surface area contributed by atoms with Crippen molar-refractivity contribution in [3.8, 4) is 0 Å². The smallest absolute Gasteiger partial charge is 0.252 e. The van der Waals surface area contributed by atoms with E-state index in [9.17, 15) is 9.90 Å². The van der Waals surface area contributed by atoms with Crippen molar-refractivity contribution in [3.63, 3.8) is 0 Å². The van der Waals surface area contributed by atoms with Crippen LogP contribution in [0.25, 0.3) is 5.52 Å². The highest BCUT2D eigenvalue weighted by molar-refractivity contribution is 6.00. The molecule has 0 saturated carbocycles. The van der Waals surface area contributed by atoms with Gasteiger partial charge in [-0.1, -0.05) is 6.07 Å². The zero-order chi connectivity index (χ0) is 13.1. The van der Waals surface area contributed by atoms with Crippen molar-refractivity contribution in [3.05, 3.63) is 35.7 Å². The van der Waals surface area contributed by atoms with Crippen molar-refractivity contribution < 1.29 is 15.0 Å². The lowest BCUT2D eigenvalue weighted by Gasteiger charge is -2.06. The van der Waals surface area contributed by atoms with Gasteiger partial charge in [0.25, 0.3) is 5.91 Å². The summed E-state index contributed by atoms with van der Waals surface area (Å²) in [4.78, 5) is 11.5. The zero-order valence-electron chi connectivity index (χ0n) is 9.78. The third-order valence-corrected chi connectivity index (χ3v) is 2.75. The molecule has 0 aromatic carbocycles. The van der Waals surface area contributed by atoms with Crippen LogP contribution in [0.5, 0.6) is 0 Å². The minimum atomic E-state index is -0.738. The van der Waals surface area contributed by atoms with Crippen LogP contribution in [0.3, 0.4) is 0 Å². The van der Waals surface area contributed by atoms with Crippen molar-refractivity contribution in [2.24, 2.45) is 5.73 Å². The van der Waals surface area contributed by atoms with Crippen LogP contribution in [0.1, 0.15) is 22.5 Å². The number of nitrogens with two attached hydrogens (primary N) is 1. The van der Waals surface area contributed by atoms with Gasteiger partial charge in [-0.3, -0.25) is 4.79 Å². The fraction of sp³-hybridized carbons (Fsp3) is 0.333. The summed E-state index contributed by atoms with van der Waals surface area (Å²) in [6.07, 6.45) is 1.41. The average Bonchev–Trinajstić information content (AvgIpc) is 2.66. The summed E-state index contributed by atoms with van der Waals surface area (Å²) in [5, 5.41) is 22.7. The first-order valence-electron chi connectivity index (χ1n) is 5.68. The van der Waals surface area contributed by atoms with Crippen molar-refractivity contribution in [2.75, 3.05) is 6.61 Å². The zero-order valence-corrected chi connectivity index (χ0v) is 9.78. The van der Waals surface area contributed by atoms with E-state index >= 15 is 0 Å². The van der Waals surface area contributed by atoms with Crippen LogP contribution in [0.2, 0.25) is 0 Å². The Labute approximate surface area is 104 Å². The number of hydrogen-bond acceptors (Lipinski definition) is 4. The molecule has 2 aromatic rings. The number of rotatable bonds is 5. The summed E-state index contributed by atoms with van der Waals surface area (Å²) in [6, 6.07) is 5.32. The molecule has 0 aliphatic carbocycles. The van der Waals surface area contributed by atoms with Gasteiger partial charge in [-0.05, 0) is 18.6 Å². The van der Waals surface area contributed by atoms with Gasteiger partial charge in [-0.2, -0.15) is 5.10 Å². The van der Waals surface area contributed by atoms with Gasteiger partial charge in [-0.25, -0.2) is 4.52 Å². The highest BCUT2D eigenvalue weighted by atomic mass is 16.3. The standard InChI is InChI=1S/C12H15N3O3/c13-12(18)11-9(7-8(17)4-6-16)14-15-5-2-1-3-10(11)15/h1-3,5,8,16-17H,4,6-7H2,(H2,13,18)/t8-/m1/s1. The molecule has 0 saturated heterocycles. The summed E-state index contributed by atoms with van der Waals surface area (Å²) in [5.41, 5.74) is 6.75. The van der Waals surface area contributed by atoms with E-state index in [1.54, 1.807) is 28.9 Å². The molecule has 0 unspecified atom stereocenters. The molecule has 1 amide bonds. The van der Waals surface area contributed by atoms with Gasteiger partial charge in [0.1, 0.15) is 0 Å². The quantitative estimate of drug-likeness (QED) is 0.678. The van der Waals surface area contributed by atoms with Crippen LogP contribution in [-0.4, -0.2) is 38.4 Å². The van der Waals surface area contributed by atoms with Crippen LogP contribution in [0.15, 0.2) is 24.4 Å². The van der Waals surface area contributed by atoms with E-state index in [0.29, 0.717) is 16.8 Å². The van der Waals surface area contributed by atoms with Crippen LogP contribution in [0.4, 0.5) is 0 Å². The second kappa shape index (κ2) is 5.16. The molecule has 0 radical (unpaired) electrons. The predicted octanol–water partition coefficient (Wildman–Crippen LogP) is -0.281. The largest absolute Gasteiger partial charge is 0.396 e. The monoisotopic (exact) mass is 249 g/mol. The molecule has 0 bridgehead atoms. The van der Waals surface area contributed by atoms with Gasteiger partial charge in [0.05, 0.1) is 22.9 Å². The Kier molecular flexibility index (Phi) is 3.59. The lowest BCUT2D eigenvalue weighted by Crippen LogP contribution is -2.18. The molecular formula is C12H15N3O3. The third-order valence-electron chi connectivity index (χ3n) is 2.75. The number of primary amides is 1. The van der Waals surface area contributed by atoms with Gasteiger partial charge in [0.2, 0.25) is 0 Å². The molecule has 0 aliphatic rings. The number of pyridine rings is 1. The molecule has 4 N–H and O–H groups in total. The Morgan fingerprint density at radius 1 is 1.50 bits per heavy atom. The number of carbonyl (C=O) groups excluding carboxylic acids is 1. The summed E-state index contributed by atoms with van der Waals surface area (Å²) >= 11 is 0. The van der Waals surface area contributed by atoms with E-state index in [0.717, 1.165) is 0 Å². The fourth-order valence-electron chi connectivity index (χ4n) is 1.93. The molecule has 0 spiro atoms. The molecule has 2 aromatic heterocycles. The number of carbonyl (C=O) groups is 1. The van der Waals surface area contributed by atoms with E-state index in [-0.39, 0.29) is 19.4 Å². The summed E-state index contributed by atoms with van der Waals surface area (Å²) in [7, 11) is 0. The van der Waals surface area contributed by atoms with Gasteiger partial charge in [0, 0.05) is 19.2 Å². The number of aliphatic hydroxyl groups excluding tert-OH is 2. The number of fused-ring (bicyclic) bond motifs is 1. The number of amides is 1. The normalized spacial score (nSPS) is 12.8. The number of nitrogens with zero attached hydrogens (tertiary/aromatic N) is 2. The molecule has 2 rings (SSSR count). The Balaban J connectivity index is 2.43. The molecular weight excluding hydrogens is 234 g/mol. The van der Waals surface area contributed by atoms with E-state index in [2.05, 4.69) is 5.10 Å². The minimum Gasteiger partial charge on any atom is -0.396 e. The summed E-state index contributed by atoms with van der Waals surface area (Å²) in [5.74, 6) is -0.567. The SMILES string of the molecule is NC(=O)c1c(C[C@H](O)CCO)nn2ccccc12. The number of hydrogen-bond donors (Lipinski definition) is 3. The van der Waals surface area contributed by atoms with Gasteiger partial charge < -0.3 is 15.9 Å². The molecule has 18 heavy (non-hydrogen) atoms. The second-order valence-electron chi connectivity index (χ2n) is 4.09. The summed E-state index contributed by atoms with van der Waals surface area (Å²) in [6.45, 7) is -0.111. The molecule has 6 heteroatoms. The lowest BCUT2D eigenvalue weighted by molar-refractivity contribution is 0.0999. The van der Waals surface area contributed by atoms with Crippen LogP contribution in [0, 0.1) is 0 Å². The van der Waals surface area contributed by atoms with Crippen LogP contribution >= 0.6 is 0 Å². The maximum absolute atomic E-state index is 11.5. The molecule has 0 fully saturated rings. The maximum Gasteiger partial charge on any atom is 0.252 e. The molecule has 6 nitrogen and oxygen atoms in total. The Bertz CT molecular complexity index is 565. The summed E-state index contributed by atoms with van der Waals surface area (Å²) < 4.78 is 1.56. The van der Waals surface area contributed by atoms with Gasteiger partial charge in [-0.15, -0.1) is 0 Å². The predicted molar refractivity (Wildman–Crippen MR) is 65.1 cm³/mol. The Morgan fingerprint density at radius 2 is 2.28 bits per heavy atom. The van der Waals surface area contributed by atoms with E-state index < -0.39 is 12.0 Å². The molecule has 1 atom stereocenters. The van der Waals surface area contributed by atoms with Crippen molar-refractivity contribution in [1.82, 2.24) is 9.61 Å². The minimum absolute atomic E-state index is 0.111. The molecule has 96 valence electrons. The van der Waals surface area contributed by atoms with Crippen LogP contribution in [-0.2, 0) is 6.42 Å². The maximum atomic E-state index is 11.5. The molecule has 0 aliphatic heterocycles. The Morgan fingerprint density at radius 3 is 2.94 bits per heavy atom.